The Labute approximate surface area is 93.2 Å². The van der Waals surface area contributed by atoms with Gasteiger partial charge in [0, 0.05) is 5.56 Å². The molecule has 2 nitrogen and oxygen atoms in total. The monoisotopic (exact) mass is 214 g/mol. The topological polar surface area (TPSA) is 38.4 Å². The summed E-state index contributed by atoms with van der Waals surface area (Å²) in [6, 6.07) is 14.1. The Morgan fingerprint density at radius 1 is 1.06 bits per heavy atom. The van der Waals surface area contributed by atoms with Crippen molar-refractivity contribution in [2.45, 2.75) is 0 Å². The second kappa shape index (κ2) is 4.57. The van der Waals surface area contributed by atoms with Gasteiger partial charge in [0.2, 0.25) is 0 Å². The van der Waals surface area contributed by atoms with Crippen LogP contribution >= 0.6 is 0 Å². The third kappa shape index (κ3) is 2.08. The van der Waals surface area contributed by atoms with E-state index >= 15 is 0 Å². The molecule has 2 rings (SSSR count). The van der Waals surface area contributed by atoms with E-state index in [9.17, 15) is 4.39 Å². The molecule has 0 saturated heterocycles. The van der Waals surface area contributed by atoms with Crippen LogP contribution in [0, 0.1) is 5.82 Å². The molecule has 0 aromatic heterocycles. The third-order valence-electron chi connectivity index (χ3n) is 2.30. The van der Waals surface area contributed by atoms with Crippen LogP contribution < -0.4 is 5.84 Å². The fourth-order valence-electron chi connectivity index (χ4n) is 1.57. The maximum Gasteiger partial charge on any atom is 0.131 e. The van der Waals surface area contributed by atoms with Gasteiger partial charge in [0.1, 0.15) is 5.82 Å². The number of halogens is 1. The highest BCUT2D eigenvalue weighted by molar-refractivity contribution is 5.82. The Hall–Kier alpha value is -2.16. The van der Waals surface area contributed by atoms with E-state index in [1.54, 1.807) is 12.1 Å². The number of hydrogen-bond acceptors (Lipinski definition) is 2. The fraction of sp³-hybridized carbons (Fsp3) is 0. The molecule has 0 aliphatic heterocycles. The van der Waals surface area contributed by atoms with Crippen LogP contribution in [0.5, 0.6) is 0 Å². The van der Waals surface area contributed by atoms with E-state index in [1.165, 1.54) is 12.3 Å². The van der Waals surface area contributed by atoms with Crippen LogP contribution in [0.2, 0.25) is 0 Å². The van der Waals surface area contributed by atoms with Crippen LogP contribution in [0.25, 0.3) is 11.1 Å². The molecule has 2 N–H and O–H groups in total. The van der Waals surface area contributed by atoms with E-state index in [0.29, 0.717) is 5.56 Å². The molecule has 16 heavy (non-hydrogen) atoms. The first-order valence-corrected chi connectivity index (χ1v) is 4.89. The molecule has 0 heterocycles. The minimum Gasteiger partial charge on any atom is -0.323 e. The molecule has 0 radical (unpaired) electrons. The van der Waals surface area contributed by atoms with Crippen molar-refractivity contribution in [3.8, 4) is 11.1 Å². The zero-order valence-electron chi connectivity index (χ0n) is 8.60. The molecule has 0 saturated carbocycles. The molecule has 80 valence electrons. The minimum absolute atomic E-state index is 0.232. The molecule has 0 atom stereocenters. The summed E-state index contributed by atoms with van der Waals surface area (Å²) in [5.41, 5.74) is 2.24. The summed E-state index contributed by atoms with van der Waals surface area (Å²) in [4.78, 5) is 0. The normalized spacial score (nSPS) is 10.8. The third-order valence-corrected chi connectivity index (χ3v) is 2.30. The standard InChI is InChI=1S/C13H11FN2/c14-13-7-2-1-6-12(13)11-5-3-4-10(8-11)9-16-15/h1-9H,15H2. The summed E-state index contributed by atoms with van der Waals surface area (Å²) < 4.78 is 13.5. The second-order valence-electron chi connectivity index (χ2n) is 3.38. The maximum atomic E-state index is 13.5. The minimum atomic E-state index is -0.232. The molecule has 0 aliphatic carbocycles. The molecule has 0 bridgehead atoms. The van der Waals surface area contributed by atoms with Crippen molar-refractivity contribution in [3.05, 3.63) is 59.9 Å². The summed E-state index contributed by atoms with van der Waals surface area (Å²) >= 11 is 0. The molecule has 3 heteroatoms. The molecule has 2 aromatic carbocycles. The zero-order valence-corrected chi connectivity index (χ0v) is 8.60. The summed E-state index contributed by atoms with van der Waals surface area (Å²) in [6.07, 6.45) is 1.53. The molecular weight excluding hydrogens is 203 g/mol. The van der Waals surface area contributed by atoms with E-state index in [2.05, 4.69) is 5.10 Å². The lowest BCUT2D eigenvalue weighted by Crippen LogP contribution is -1.88. The summed E-state index contributed by atoms with van der Waals surface area (Å²) in [7, 11) is 0. The SMILES string of the molecule is NN=Cc1cccc(-c2ccccc2F)c1. The van der Waals surface area contributed by atoms with Gasteiger partial charge in [-0.2, -0.15) is 5.10 Å². The molecule has 2 aromatic rings. The van der Waals surface area contributed by atoms with E-state index < -0.39 is 0 Å². The maximum absolute atomic E-state index is 13.5. The van der Waals surface area contributed by atoms with Gasteiger partial charge in [-0.3, -0.25) is 0 Å². The average Bonchev–Trinajstić information content (AvgIpc) is 2.30. The Bertz CT molecular complexity index is 521. The van der Waals surface area contributed by atoms with E-state index in [4.69, 9.17) is 5.84 Å². The smallest absolute Gasteiger partial charge is 0.131 e. The predicted octanol–water partition coefficient (Wildman–Crippen LogP) is 2.79. The summed E-state index contributed by atoms with van der Waals surface area (Å²) in [5.74, 6) is 4.84. The lowest BCUT2D eigenvalue weighted by Gasteiger charge is -2.03. The zero-order chi connectivity index (χ0) is 11.4. The Balaban J connectivity index is 2.48. The fourth-order valence-corrected chi connectivity index (χ4v) is 1.57. The van der Waals surface area contributed by atoms with Gasteiger partial charge in [0.25, 0.3) is 0 Å². The summed E-state index contributed by atoms with van der Waals surface area (Å²) in [6.45, 7) is 0. The van der Waals surface area contributed by atoms with Crippen LogP contribution in [0.3, 0.4) is 0 Å². The predicted molar refractivity (Wildman–Crippen MR) is 63.6 cm³/mol. The van der Waals surface area contributed by atoms with Crippen LogP contribution in [-0.4, -0.2) is 6.21 Å². The highest BCUT2D eigenvalue weighted by atomic mass is 19.1. The van der Waals surface area contributed by atoms with Crippen molar-refractivity contribution in [2.24, 2.45) is 10.9 Å². The molecular formula is C13H11FN2. The largest absolute Gasteiger partial charge is 0.323 e. The number of benzene rings is 2. The molecule has 0 fully saturated rings. The van der Waals surface area contributed by atoms with Crippen LogP contribution in [0.15, 0.2) is 53.6 Å². The van der Waals surface area contributed by atoms with E-state index in [1.807, 2.05) is 30.3 Å². The first-order valence-electron chi connectivity index (χ1n) is 4.89. The molecule has 0 amide bonds. The number of nitrogens with two attached hydrogens (primary N) is 1. The molecule has 0 unspecified atom stereocenters. The van der Waals surface area contributed by atoms with Gasteiger partial charge >= 0.3 is 0 Å². The van der Waals surface area contributed by atoms with Crippen molar-refractivity contribution in [3.63, 3.8) is 0 Å². The van der Waals surface area contributed by atoms with Crippen molar-refractivity contribution in [1.29, 1.82) is 0 Å². The van der Waals surface area contributed by atoms with E-state index in [0.717, 1.165) is 11.1 Å². The summed E-state index contributed by atoms with van der Waals surface area (Å²) in [5, 5.41) is 3.44. The first kappa shape index (κ1) is 10.4. The van der Waals surface area contributed by atoms with Gasteiger partial charge in [0.05, 0.1) is 6.21 Å². The second-order valence-corrected chi connectivity index (χ2v) is 3.38. The van der Waals surface area contributed by atoms with Gasteiger partial charge in [-0.1, -0.05) is 36.4 Å². The lowest BCUT2D eigenvalue weighted by molar-refractivity contribution is 0.631. The Kier molecular flexibility index (Phi) is 2.96. The number of hydrogen-bond donors (Lipinski definition) is 1. The Morgan fingerprint density at radius 3 is 2.62 bits per heavy atom. The van der Waals surface area contributed by atoms with Crippen molar-refractivity contribution in [1.82, 2.24) is 0 Å². The Morgan fingerprint density at radius 2 is 1.88 bits per heavy atom. The van der Waals surface area contributed by atoms with Crippen molar-refractivity contribution >= 4 is 6.21 Å². The average molecular weight is 214 g/mol. The van der Waals surface area contributed by atoms with Crippen LogP contribution in [0.4, 0.5) is 4.39 Å². The van der Waals surface area contributed by atoms with E-state index in [-0.39, 0.29) is 5.82 Å². The molecule has 0 spiro atoms. The van der Waals surface area contributed by atoms with Gasteiger partial charge in [-0.05, 0) is 23.3 Å². The van der Waals surface area contributed by atoms with Gasteiger partial charge in [-0.15, -0.1) is 0 Å². The highest BCUT2D eigenvalue weighted by Gasteiger charge is 2.03. The van der Waals surface area contributed by atoms with Crippen molar-refractivity contribution < 1.29 is 4.39 Å². The van der Waals surface area contributed by atoms with Crippen LogP contribution in [-0.2, 0) is 0 Å². The van der Waals surface area contributed by atoms with Crippen LogP contribution in [0.1, 0.15) is 5.56 Å². The highest BCUT2D eigenvalue weighted by Crippen LogP contribution is 2.22. The first-order chi connectivity index (χ1) is 7.81. The number of nitrogens with zero attached hydrogens (tertiary/aromatic N) is 1. The lowest BCUT2D eigenvalue weighted by atomic mass is 10.0. The quantitative estimate of drug-likeness (QED) is 0.466. The number of rotatable bonds is 2. The van der Waals surface area contributed by atoms with Gasteiger partial charge in [0.15, 0.2) is 0 Å². The van der Waals surface area contributed by atoms with Crippen molar-refractivity contribution in [2.75, 3.05) is 0 Å². The molecule has 0 aliphatic rings. The van der Waals surface area contributed by atoms with Gasteiger partial charge < -0.3 is 5.84 Å². The number of hydrazone groups is 1. The van der Waals surface area contributed by atoms with Gasteiger partial charge in [-0.25, -0.2) is 4.39 Å².